The Bertz CT molecular complexity index is 193. The second-order valence-corrected chi connectivity index (χ2v) is 3.59. The van der Waals surface area contributed by atoms with Gasteiger partial charge in [0.05, 0.1) is 6.04 Å². The number of ether oxygens (including phenoxy) is 1. The van der Waals surface area contributed by atoms with Gasteiger partial charge in [0, 0.05) is 6.54 Å². The van der Waals surface area contributed by atoms with Crippen molar-refractivity contribution in [2.24, 2.45) is 0 Å². The van der Waals surface area contributed by atoms with Gasteiger partial charge in [-0.1, -0.05) is 6.92 Å². The molecule has 1 amide bonds. The quantitative estimate of drug-likeness (QED) is 0.598. The Morgan fingerprint density at radius 2 is 2.42 bits per heavy atom. The number of fused-ring (bicyclic) bond motifs is 1. The van der Waals surface area contributed by atoms with Crippen LogP contribution in [-0.4, -0.2) is 29.7 Å². The van der Waals surface area contributed by atoms with E-state index in [0.717, 1.165) is 25.8 Å². The molecule has 0 aromatic carbocycles. The van der Waals surface area contributed by atoms with Gasteiger partial charge in [0.2, 0.25) is 0 Å². The monoisotopic (exact) mass is 169 g/mol. The fourth-order valence-electron chi connectivity index (χ4n) is 2.20. The predicted octanol–water partition coefficient (Wildman–Crippen LogP) is 1.77. The van der Waals surface area contributed by atoms with Crippen LogP contribution in [0.1, 0.15) is 32.6 Å². The number of cyclic esters (lactones) is 1. The van der Waals surface area contributed by atoms with Crippen LogP contribution >= 0.6 is 0 Å². The van der Waals surface area contributed by atoms with Crippen LogP contribution in [0, 0.1) is 0 Å². The predicted molar refractivity (Wildman–Crippen MR) is 44.9 cm³/mol. The van der Waals surface area contributed by atoms with Gasteiger partial charge in [0.15, 0.2) is 0 Å². The Labute approximate surface area is 72.7 Å². The third kappa shape index (κ3) is 1.08. The van der Waals surface area contributed by atoms with Crippen LogP contribution in [0.4, 0.5) is 4.79 Å². The van der Waals surface area contributed by atoms with Crippen molar-refractivity contribution in [1.82, 2.24) is 4.90 Å². The fraction of sp³-hybridized carbons (Fsp3) is 0.889. The average Bonchev–Trinajstić information content (AvgIpc) is 2.44. The van der Waals surface area contributed by atoms with Crippen molar-refractivity contribution in [3.8, 4) is 0 Å². The van der Waals surface area contributed by atoms with Crippen LogP contribution in [0.2, 0.25) is 0 Å². The molecule has 3 heteroatoms. The van der Waals surface area contributed by atoms with Crippen molar-refractivity contribution >= 4 is 6.09 Å². The number of amides is 1. The minimum Gasteiger partial charge on any atom is -0.444 e. The van der Waals surface area contributed by atoms with Crippen molar-refractivity contribution < 1.29 is 9.53 Å². The number of piperidine rings is 1. The highest BCUT2D eigenvalue weighted by Crippen LogP contribution is 2.29. The summed E-state index contributed by atoms with van der Waals surface area (Å²) in [5, 5.41) is 0. The molecule has 2 fully saturated rings. The molecule has 2 atom stereocenters. The topological polar surface area (TPSA) is 29.5 Å². The Kier molecular flexibility index (Phi) is 1.95. The number of hydrogen-bond donors (Lipinski definition) is 0. The average molecular weight is 169 g/mol. The van der Waals surface area contributed by atoms with Gasteiger partial charge in [-0.05, 0) is 25.7 Å². The van der Waals surface area contributed by atoms with Gasteiger partial charge in [-0.3, -0.25) is 0 Å². The summed E-state index contributed by atoms with van der Waals surface area (Å²) in [6, 6.07) is 0.385. The molecular formula is C9H15NO2. The Balaban J connectivity index is 2.10. The van der Waals surface area contributed by atoms with Gasteiger partial charge in [0.25, 0.3) is 0 Å². The van der Waals surface area contributed by atoms with E-state index in [0.29, 0.717) is 6.04 Å². The summed E-state index contributed by atoms with van der Waals surface area (Å²) < 4.78 is 5.24. The Hall–Kier alpha value is -0.730. The van der Waals surface area contributed by atoms with E-state index < -0.39 is 0 Å². The summed E-state index contributed by atoms with van der Waals surface area (Å²) in [7, 11) is 0. The van der Waals surface area contributed by atoms with E-state index in [-0.39, 0.29) is 12.2 Å². The molecule has 0 aromatic rings. The third-order valence-electron chi connectivity index (χ3n) is 2.87. The minimum atomic E-state index is -0.0912. The lowest BCUT2D eigenvalue weighted by atomic mass is 9.98. The van der Waals surface area contributed by atoms with Crippen LogP contribution < -0.4 is 0 Å². The molecule has 0 N–H and O–H groups in total. The molecule has 3 nitrogen and oxygen atoms in total. The molecule has 12 heavy (non-hydrogen) atoms. The lowest BCUT2D eigenvalue weighted by Gasteiger charge is -2.28. The van der Waals surface area contributed by atoms with E-state index in [1.807, 2.05) is 4.90 Å². The summed E-state index contributed by atoms with van der Waals surface area (Å²) >= 11 is 0. The molecule has 2 aliphatic rings. The maximum Gasteiger partial charge on any atom is 0.410 e. The van der Waals surface area contributed by atoms with Gasteiger partial charge in [-0.15, -0.1) is 0 Å². The highest BCUT2D eigenvalue weighted by atomic mass is 16.6. The zero-order valence-electron chi connectivity index (χ0n) is 7.45. The van der Waals surface area contributed by atoms with E-state index in [1.54, 1.807) is 0 Å². The van der Waals surface area contributed by atoms with E-state index in [2.05, 4.69) is 6.92 Å². The Morgan fingerprint density at radius 1 is 1.58 bits per heavy atom. The molecule has 2 saturated heterocycles. The highest BCUT2D eigenvalue weighted by Gasteiger charge is 2.41. The molecule has 0 unspecified atom stereocenters. The first-order chi connectivity index (χ1) is 5.83. The molecule has 0 aliphatic carbocycles. The van der Waals surface area contributed by atoms with E-state index in [9.17, 15) is 4.79 Å². The summed E-state index contributed by atoms with van der Waals surface area (Å²) in [6.45, 7) is 2.98. The number of nitrogens with zero attached hydrogens (tertiary/aromatic N) is 1. The normalized spacial score (nSPS) is 34.8. The van der Waals surface area contributed by atoms with E-state index >= 15 is 0 Å². The lowest BCUT2D eigenvalue weighted by Crippen LogP contribution is -2.40. The zero-order chi connectivity index (χ0) is 8.55. The zero-order valence-corrected chi connectivity index (χ0v) is 7.45. The van der Waals surface area contributed by atoms with Crippen molar-refractivity contribution in [2.45, 2.75) is 44.8 Å². The fourth-order valence-corrected chi connectivity index (χ4v) is 2.20. The SMILES string of the molecule is CC[C@H]1OC(=O)N2CCCC[C@H]12. The van der Waals surface area contributed by atoms with Gasteiger partial charge < -0.3 is 9.64 Å². The van der Waals surface area contributed by atoms with Gasteiger partial charge in [-0.25, -0.2) is 4.79 Å². The number of rotatable bonds is 1. The highest BCUT2D eigenvalue weighted by molar-refractivity contribution is 5.70. The largest absolute Gasteiger partial charge is 0.444 e. The summed E-state index contributed by atoms with van der Waals surface area (Å²) in [5.41, 5.74) is 0. The number of carbonyl (C=O) groups excluding carboxylic acids is 1. The molecule has 68 valence electrons. The van der Waals surface area contributed by atoms with Crippen LogP contribution in [0.3, 0.4) is 0 Å². The first kappa shape index (κ1) is 7.90. The van der Waals surface area contributed by atoms with Crippen LogP contribution in [0.25, 0.3) is 0 Å². The molecule has 0 aromatic heterocycles. The van der Waals surface area contributed by atoms with E-state index in [4.69, 9.17) is 4.74 Å². The Morgan fingerprint density at radius 3 is 3.17 bits per heavy atom. The first-order valence-electron chi connectivity index (χ1n) is 4.80. The van der Waals surface area contributed by atoms with Gasteiger partial charge in [-0.2, -0.15) is 0 Å². The molecule has 2 rings (SSSR count). The maximum atomic E-state index is 11.3. The first-order valence-corrected chi connectivity index (χ1v) is 4.80. The van der Waals surface area contributed by atoms with Crippen LogP contribution in [0.5, 0.6) is 0 Å². The van der Waals surface area contributed by atoms with Crippen molar-refractivity contribution in [1.29, 1.82) is 0 Å². The third-order valence-corrected chi connectivity index (χ3v) is 2.87. The molecular weight excluding hydrogens is 154 g/mol. The molecule has 0 saturated carbocycles. The summed E-state index contributed by atoms with van der Waals surface area (Å²) in [6.07, 6.45) is 4.54. The molecule has 2 aliphatic heterocycles. The van der Waals surface area contributed by atoms with Gasteiger partial charge in [0.1, 0.15) is 6.10 Å². The molecule has 0 bridgehead atoms. The van der Waals surface area contributed by atoms with Crippen LogP contribution in [0.15, 0.2) is 0 Å². The van der Waals surface area contributed by atoms with Gasteiger partial charge >= 0.3 is 6.09 Å². The molecule has 0 radical (unpaired) electrons. The standard InChI is InChI=1S/C9H15NO2/c1-2-8-7-5-3-4-6-10(7)9(11)12-8/h7-8H,2-6H2,1H3/t7-,8-/m1/s1. The van der Waals surface area contributed by atoms with Crippen LogP contribution in [-0.2, 0) is 4.74 Å². The maximum absolute atomic E-state index is 11.3. The number of carbonyl (C=O) groups is 1. The molecule has 0 spiro atoms. The summed E-state index contributed by atoms with van der Waals surface area (Å²) in [4.78, 5) is 13.2. The second kappa shape index (κ2) is 2.96. The minimum absolute atomic E-state index is 0.0912. The van der Waals surface area contributed by atoms with Crippen molar-refractivity contribution in [3.05, 3.63) is 0 Å². The van der Waals surface area contributed by atoms with Crippen molar-refractivity contribution in [2.75, 3.05) is 6.54 Å². The number of hydrogen-bond acceptors (Lipinski definition) is 2. The second-order valence-electron chi connectivity index (χ2n) is 3.59. The lowest BCUT2D eigenvalue weighted by molar-refractivity contribution is 0.127. The molecule has 2 heterocycles. The van der Waals surface area contributed by atoms with Crippen molar-refractivity contribution in [3.63, 3.8) is 0 Å². The van der Waals surface area contributed by atoms with E-state index in [1.165, 1.54) is 6.42 Å². The summed E-state index contributed by atoms with van der Waals surface area (Å²) in [5.74, 6) is 0. The smallest absolute Gasteiger partial charge is 0.410 e.